The minimum Gasteiger partial charge on any atom is -0.369 e. The fourth-order valence-electron chi connectivity index (χ4n) is 3.55. The highest BCUT2D eigenvalue weighted by molar-refractivity contribution is 7.09. The van der Waals surface area contributed by atoms with Crippen molar-refractivity contribution in [2.45, 2.75) is 25.9 Å². The minimum absolute atomic E-state index is 0.0735. The van der Waals surface area contributed by atoms with Crippen LogP contribution in [0, 0.1) is 5.92 Å². The number of likely N-dealkylation sites (tertiary alicyclic amines) is 1. The van der Waals surface area contributed by atoms with E-state index in [2.05, 4.69) is 27.7 Å². The first kappa shape index (κ1) is 17.9. The van der Waals surface area contributed by atoms with Gasteiger partial charge in [0.15, 0.2) is 0 Å². The number of hydrogen-bond donors (Lipinski definition) is 2. The van der Waals surface area contributed by atoms with E-state index in [1.807, 2.05) is 24.3 Å². The van der Waals surface area contributed by atoms with Gasteiger partial charge in [-0.25, -0.2) is 9.97 Å². The maximum Gasteiger partial charge on any atom is 0.221 e. The van der Waals surface area contributed by atoms with E-state index in [9.17, 15) is 4.79 Å². The number of carbonyl (C=O) groups excluding carboxylic acids is 1. The number of nitrogens with zero attached hydrogens (tertiary/aromatic N) is 3. The maximum atomic E-state index is 11.5. The zero-order valence-electron chi connectivity index (χ0n) is 15.1. The first-order valence-corrected chi connectivity index (χ1v) is 10.1. The summed E-state index contributed by atoms with van der Waals surface area (Å²) in [6.45, 7) is 3.00. The summed E-state index contributed by atoms with van der Waals surface area (Å²) >= 11 is 1.73. The number of amides is 1. The molecule has 0 spiro atoms. The number of primary amides is 1. The lowest BCUT2D eigenvalue weighted by Crippen LogP contribution is -2.40. The third-order valence-corrected chi connectivity index (χ3v) is 5.81. The van der Waals surface area contributed by atoms with Gasteiger partial charge >= 0.3 is 0 Å². The number of nitrogens with two attached hydrogens (primary N) is 1. The van der Waals surface area contributed by atoms with E-state index in [1.54, 1.807) is 11.3 Å². The zero-order chi connectivity index (χ0) is 18.6. The molecule has 1 aliphatic heterocycles. The topological polar surface area (TPSA) is 84.1 Å². The molecule has 0 saturated carbocycles. The predicted octanol–water partition coefficient (Wildman–Crippen LogP) is 3.00. The number of hydrogen-bond acceptors (Lipinski definition) is 6. The molecule has 0 aliphatic carbocycles. The molecular formula is C20H23N5OS. The normalized spacial score (nSPS) is 17.9. The number of benzene rings is 1. The molecule has 140 valence electrons. The Morgan fingerprint density at radius 2 is 2.15 bits per heavy atom. The van der Waals surface area contributed by atoms with Gasteiger partial charge < -0.3 is 11.1 Å². The van der Waals surface area contributed by atoms with Crippen LogP contribution in [0.3, 0.4) is 0 Å². The maximum absolute atomic E-state index is 11.5. The third-order valence-electron chi connectivity index (χ3n) is 4.93. The highest BCUT2D eigenvalue weighted by Gasteiger charge is 2.24. The van der Waals surface area contributed by atoms with Gasteiger partial charge in [0.05, 0.1) is 24.5 Å². The average Bonchev–Trinajstić information content (AvgIpc) is 3.20. The average molecular weight is 382 g/mol. The molecule has 1 atom stereocenters. The molecule has 3 heterocycles. The Bertz CT molecular complexity index is 927. The number of aromatic nitrogens is 2. The van der Waals surface area contributed by atoms with E-state index in [4.69, 9.17) is 15.7 Å². The monoisotopic (exact) mass is 381 g/mol. The van der Waals surface area contributed by atoms with Crippen LogP contribution in [0.4, 0.5) is 5.82 Å². The molecule has 1 saturated heterocycles. The second kappa shape index (κ2) is 8.02. The summed E-state index contributed by atoms with van der Waals surface area (Å²) in [5, 5.41) is 6.56. The van der Waals surface area contributed by atoms with Gasteiger partial charge in [0.2, 0.25) is 5.91 Å². The Labute approximate surface area is 162 Å². The molecule has 6 nitrogen and oxygen atoms in total. The Morgan fingerprint density at radius 1 is 1.26 bits per heavy atom. The van der Waals surface area contributed by atoms with Gasteiger partial charge in [-0.2, -0.15) is 0 Å². The first-order chi connectivity index (χ1) is 13.2. The number of carbonyl (C=O) groups is 1. The summed E-state index contributed by atoms with van der Waals surface area (Å²) in [6.07, 6.45) is 1.85. The van der Waals surface area contributed by atoms with E-state index in [-0.39, 0.29) is 11.8 Å². The molecule has 0 radical (unpaired) electrons. The molecule has 1 amide bonds. The van der Waals surface area contributed by atoms with Crippen molar-refractivity contribution >= 4 is 34.0 Å². The highest BCUT2D eigenvalue weighted by atomic mass is 32.1. The lowest BCUT2D eigenvalue weighted by Gasteiger charge is -2.30. The number of thiophene rings is 1. The van der Waals surface area contributed by atoms with Crippen LogP contribution in [-0.4, -0.2) is 33.9 Å². The summed E-state index contributed by atoms with van der Waals surface area (Å²) in [5.74, 6) is 1.34. The highest BCUT2D eigenvalue weighted by Crippen LogP contribution is 2.23. The number of para-hydroxylation sites is 1. The van der Waals surface area contributed by atoms with Crippen molar-refractivity contribution in [2.75, 3.05) is 18.4 Å². The van der Waals surface area contributed by atoms with Gasteiger partial charge in [0.1, 0.15) is 11.6 Å². The second-order valence-electron chi connectivity index (χ2n) is 6.92. The first-order valence-electron chi connectivity index (χ1n) is 9.22. The molecule has 3 N–H and O–H groups in total. The van der Waals surface area contributed by atoms with Crippen LogP contribution < -0.4 is 11.1 Å². The van der Waals surface area contributed by atoms with Crippen LogP contribution in [0.5, 0.6) is 0 Å². The largest absolute Gasteiger partial charge is 0.369 e. The van der Waals surface area contributed by atoms with Crippen LogP contribution in [0.15, 0.2) is 41.8 Å². The van der Waals surface area contributed by atoms with E-state index in [1.165, 1.54) is 4.88 Å². The van der Waals surface area contributed by atoms with Gasteiger partial charge in [-0.05, 0) is 43.0 Å². The van der Waals surface area contributed by atoms with Crippen LogP contribution in [0.2, 0.25) is 0 Å². The van der Waals surface area contributed by atoms with Crippen LogP contribution in [0.25, 0.3) is 10.9 Å². The van der Waals surface area contributed by atoms with E-state index in [0.717, 1.165) is 48.5 Å². The number of anilines is 1. The van der Waals surface area contributed by atoms with Crippen molar-refractivity contribution < 1.29 is 4.79 Å². The molecule has 1 unspecified atom stereocenters. The third kappa shape index (κ3) is 4.26. The smallest absolute Gasteiger partial charge is 0.221 e. The summed E-state index contributed by atoms with van der Waals surface area (Å²) in [5.41, 5.74) is 6.43. The van der Waals surface area contributed by atoms with Crippen LogP contribution in [-0.2, 0) is 17.9 Å². The number of rotatable bonds is 6. The zero-order valence-corrected chi connectivity index (χ0v) is 15.9. The molecule has 1 aromatic carbocycles. The van der Waals surface area contributed by atoms with Crippen molar-refractivity contribution in [1.29, 1.82) is 0 Å². The SMILES string of the molecule is NC(=O)C1CCCN(Cc2nc(NCc3cccs3)c3ccccc3n2)C1. The fraction of sp³-hybridized carbons (Fsp3) is 0.350. The summed E-state index contributed by atoms with van der Waals surface area (Å²) in [7, 11) is 0. The molecule has 3 aromatic rings. The predicted molar refractivity (Wildman–Crippen MR) is 108 cm³/mol. The van der Waals surface area contributed by atoms with Gasteiger partial charge in [-0.1, -0.05) is 18.2 Å². The van der Waals surface area contributed by atoms with Crippen molar-refractivity contribution in [3.63, 3.8) is 0 Å². The van der Waals surface area contributed by atoms with Crippen LogP contribution in [0.1, 0.15) is 23.5 Å². The lowest BCUT2D eigenvalue weighted by molar-refractivity contribution is -0.123. The Morgan fingerprint density at radius 3 is 2.96 bits per heavy atom. The molecule has 2 aromatic heterocycles. The summed E-state index contributed by atoms with van der Waals surface area (Å²) in [6, 6.07) is 12.2. The fourth-order valence-corrected chi connectivity index (χ4v) is 4.19. The standard InChI is InChI=1S/C20H23N5OS/c21-19(26)14-5-3-9-25(12-14)13-18-23-17-8-2-1-7-16(17)20(24-18)22-11-15-6-4-10-27-15/h1-2,4,6-8,10,14H,3,5,9,11-13H2,(H2,21,26)(H,22,23,24). The van der Waals surface area contributed by atoms with Gasteiger partial charge in [-0.15, -0.1) is 11.3 Å². The number of fused-ring (bicyclic) bond motifs is 1. The number of nitrogens with one attached hydrogen (secondary N) is 1. The molecule has 0 bridgehead atoms. The van der Waals surface area contributed by atoms with Crippen molar-refractivity contribution in [1.82, 2.24) is 14.9 Å². The summed E-state index contributed by atoms with van der Waals surface area (Å²) < 4.78 is 0. The van der Waals surface area contributed by atoms with Crippen molar-refractivity contribution in [2.24, 2.45) is 11.7 Å². The molecule has 1 aliphatic rings. The molecule has 4 rings (SSSR count). The van der Waals surface area contributed by atoms with Crippen LogP contribution >= 0.6 is 11.3 Å². The van der Waals surface area contributed by atoms with Gasteiger partial charge in [-0.3, -0.25) is 9.69 Å². The summed E-state index contributed by atoms with van der Waals surface area (Å²) in [4.78, 5) is 24.6. The van der Waals surface area contributed by atoms with E-state index < -0.39 is 0 Å². The van der Waals surface area contributed by atoms with Crippen molar-refractivity contribution in [3.05, 3.63) is 52.5 Å². The Hall–Kier alpha value is -2.51. The Kier molecular flexibility index (Phi) is 5.31. The molecule has 7 heteroatoms. The van der Waals surface area contributed by atoms with E-state index >= 15 is 0 Å². The van der Waals surface area contributed by atoms with Gasteiger partial charge in [0.25, 0.3) is 0 Å². The van der Waals surface area contributed by atoms with E-state index in [0.29, 0.717) is 13.1 Å². The van der Waals surface area contributed by atoms with Crippen molar-refractivity contribution in [3.8, 4) is 0 Å². The molecule has 1 fully saturated rings. The van der Waals surface area contributed by atoms with Gasteiger partial charge in [0, 0.05) is 16.8 Å². The molecule has 27 heavy (non-hydrogen) atoms. The minimum atomic E-state index is -0.211. The second-order valence-corrected chi connectivity index (χ2v) is 7.95. The quantitative estimate of drug-likeness (QED) is 0.686. The lowest BCUT2D eigenvalue weighted by atomic mass is 9.97. The number of piperidine rings is 1. The molecular weight excluding hydrogens is 358 g/mol. The Balaban J connectivity index is 1.56.